The molecule has 2 heterocycles. The third-order valence-corrected chi connectivity index (χ3v) is 5.50. The molecule has 0 saturated carbocycles. The van der Waals surface area contributed by atoms with Crippen LogP contribution < -0.4 is 5.32 Å². The Bertz CT molecular complexity index is 519. The second kappa shape index (κ2) is 11.6. The van der Waals surface area contributed by atoms with E-state index in [1.807, 2.05) is 32.6 Å². The molecule has 7 nitrogen and oxygen atoms in total. The van der Waals surface area contributed by atoms with Crippen LogP contribution in [0.5, 0.6) is 0 Å². The summed E-state index contributed by atoms with van der Waals surface area (Å²) in [5.41, 5.74) is -0.450. The molecule has 1 N–H and O–H groups in total. The van der Waals surface area contributed by atoms with Gasteiger partial charge < -0.3 is 24.6 Å². The topological polar surface area (TPSA) is 66.4 Å². The third kappa shape index (κ3) is 8.41. The molecule has 1 atom stereocenters. The first-order valence-corrected chi connectivity index (χ1v) is 11.4. The molecule has 0 aliphatic carbocycles. The first-order valence-electron chi connectivity index (χ1n) is 11.4. The van der Waals surface area contributed by atoms with Gasteiger partial charge in [0.1, 0.15) is 5.60 Å². The van der Waals surface area contributed by atoms with E-state index in [9.17, 15) is 4.79 Å². The fourth-order valence-corrected chi connectivity index (χ4v) is 3.91. The van der Waals surface area contributed by atoms with Crippen LogP contribution in [0, 0.1) is 5.92 Å². The Morgan fingerprint density at radius 1 is 1.24 bits per heavy atom. The van der Waals surface area contributed by atoms with Crippen molar-refractivity contribution in [2.24, 2.45) is 10.9 Å². The molecule has 168 valence electrons. The lowest BCUT2D eigenvalue weighted by Crippen LogP contribution is -2.48. The minimum atomic E-state index is -0.450. The first-order chi connectivity index (χ1) is 13.8. The van der Waals surface area contributed by atoms with Gasteiger partial charge in [-0.15, -0.1) is 0 Å². The number of nitrogens with one attached hydrogen (secondary N) is 1. The van der Waals surface area contributed by atoms with Gasteiger partial charge in [0.15, 0.2) is 5.96 Å². The second-order valence-corrected chi connectivity index (χ2v) is 9.11. The Morgan fingerprint density at radius 3 is 2.52 bits per heavy atom. The fourth-order valence-electron chi connectivity index (χ4n) is 3.91. The lowest BCUT2D eigenvalue weighted by Gasteiger charge is -2.36. The number of rotatable bonds is 7. The number of piperidine rings is 1. The van der Waals surface area contributed by atoms with E-state index >= 15 is 0 Å². The Morgan fingerprint density at radius 2 is 1.97 bits per heavy atom. The second-order valence-electron chi connectivity index (χ2n) is 9.11. The van der Waals surface area contributed by atoms with Crippen LogP contribution >= 0.6 is 0 Å². The van der Waals surface area contributed by atoms with Gasteiger partial charge in [-0.1, -0.05) is 0 Å². The van der Waals surface area contributed by atoms with E-state index < -0.39 is 5.60 Å². The average Bonchev–Trinajstić information content (AvgIpc) is 3.18. The summed E-state index contributed by atoms with van der Waals surface area (Å²) in [5.74, 6) is 1.52. The van der Waals surface area contributed by atoms with Gasteiger partial charge in [0.05, 0.1) is 6.10 Å². The van der Waals surface area contributed by atoms with E-state index in [2.05, 4.69) is 17.1 Å². The Kier molecular flexibility index (Phi) is 9.53. The monoisotopic (exact) mass is 410 g/mol. The average molecular weight is 411 g/mol. The molecular formula is C22H42N4O3. The molecule has 2 saturated heterocycles. The van der Waals surface area contributed by atoms with E-state index in [0.717, 1.165) is 64.6 Å². The van der Waals surface area contributed by atoms with Crippen LogP contribution in [-0.4, -0.2) is 79.4 Å². The molecule has 0 radical (unpaired) electrons. The number of guanidine groups is 1. The predicted molar refractivity (Wildman–Crippen MR) is 117 cm³/mol. The number of hydrogen-bond acceptors (Lipinski definition) is 4. The smallest absolute Gasteiger partial charge is 0.410 e. The molecular weight excluding hydrogens is 368 g/mol. The van der Waals surface area contributed by atoms with Crippen molar-refractivity contribution < 1.29 is 14.3 Å². The van der Waals surface area contributed by atoms with Crippen molar-refractivity contribution in [2.45, 2.75) is 78.4 Å². The number of carbonyl (C=O) groups excluding carboxylic acids is 1. The van der Waals surface area contributed by atoms with Gasteiger partial charge in [0.25, 0.3) is 0 Å². The Hall–Kier alpha value is -1.50. The number of carbonyl (C=O) groups is 1. The quantitative estimate of drug-likeness (QED) is 0.514. The van der Waals surface area contributed by atoms with Crippen molar-refractivity contribution in [1.29, 1.82) is 0 Å². The molecule has 0 spiro atoms. The molecule has 0 bridgehead atoms. The van der Waals surface area contributed by atoms with E-state index in [0.29, 0.717) is 18.6 Å². The van der Waals surface area contributed by atoms with Crippen molar-refractivity contribution in [3.05, 3.63) is 0 Å². The van der Waals surface area contributed by atoms with Crippen LogP contribution in [-0.2, 0) is 9.47 Å². The van der Waals surface area contributed by atoms with E-state index in [1.54, 1.807) is 0 Å². The molecule has 7 heteroatoms. The van der Waals surface area contributed by atoms with Gasteiger partial charge in [0, 0.05) is 45.9 Å². The Balaban J connectivity index is 1.80. The number of nitrogens with zero attached hydrogens (tertiary/aromatic N) is 3. The van der Waals surface area contributed by atoms with Crippen molar-refractivity contribution in [3.63, 3.8) is 0 Å². The molecule has 1 amide bonds. The number of amides is 1. The normalized spacial score (nSPS) is 21.3. The maximum atomic E-state index is 12.4. The molecule has 2 aliphatic heterocycles. The summed E-state index contributed by atoms with van der Waals surface area (Å²) in [6.45, 7) is 15.9. The number of hydrogen-bond donors (Lipinski definition) is 1. The van der Waals surface area contributed by atoms with Gasteiger partial charge in [0.2, 0.25) is 0 Å². The molecule has 0 aromatic rings. The molecule has 0 aromatic heterocycles. The Labute approximate surface area is 177 Å². The van der Waals surface area contributed by atoms with E-state index in [-0.39, 0.29) is 6.09 Å². The first kappa shape index (κ1) is 23.8. The molecule has 0 aromatic carbocycles. The minimum Gasteiger partial charge on any atom is -0.444 e. The molecule has 29 heavy (non-hydrogen) atoms. The number of likely N-dealkylation sites (tertiary alicyclic amines) is 1. The highest BCUT2D eigenvalue weighted by molar-refractivity contribution is 5.80. The van der Waals surface area contributed by atoms with Crippen LogP contribution in [0.25, 0.3) is 0 Å². The van der Waals surface area contributed by atoms with E-state index in [1.165, 1.54) is 12.8 Å². The summed E-state index contributed by atoms with van der Waals surface area (Å²) in [6.07, 6.45) is 5.67. The SMILES string of the molecule is CCNC(=NCCC1CCCO1)N1CCC(CN(CC)C(=O)OC(C)(C)C)CC1. The van der Waals surface area contributed by atoms with Crippen molar-refractivity contribution in [1.82, 2.24) is 15.1 Å². The molecule has 1 unspecified atom stereocenters. The summed E-state index contributed by atoms with van der Waals surface area (Å²) < 4.78 is 11.3. The van der Waals surface area contributed by atoms with Crippen LogP contribution in [0.3, 0.4) is 0 Å². The fraction of sp³-hybridized carbons (Fsp3) is 0.909. The number of ether oxygens (including phenoxy) is 2. The largest absolute Gasteiger partial charge is 0.444 e. The van der Waals surface area contributed by atoms with Crippen molar-refractivity contribution >= 4 is 12.1 Å². The summed E-state index contributed by atoms with van der Waals surface area (Å²) in [5, 5.41) is 3.44. The molecule has 2 rings (SSSR count). The predicted octanol–water partition coefficient (Wildman–Crippen LogP) is 3.49. The summed E-state index contributed by atoms with van der Waals surface area (Å²) in [7, 11) is 0. The molecule has 2 fully saturated rings. The summed E-state index contributed by atoms with van der Waals surface area (Å²) in [6, 6.07) is 0. The lowest BCUT2D eigenvalue weighted by atomic mass is 9.96. The zero-order valence-corrected chi connectivity index (χ0v) is 19.2. The van der Waals surface area contributed by atoms with Crippen LogP contribution in [0.15, 0.2) is 4.99 Å². The van der Waals surface area contributed by atoms with Gasteiger partial charge >= 0.3 is 6.09 Å². The summed E-state index contributed by atoms with van der Waals surface area (Å²) in [4.78, 5) is 21.4. The summed E-state index contributed by atoms with van der Waals surface area (Å²) >= 11 is 0. The van der Waals surface area contributed by atoms with Crippen molar-refractivity contribution in [3.8, 4) is 0 Å². The maximum absolute atomic E-state index is 12.4. The molecule has 2 aliphatic rings. The highest BCUT2D eigenvalue weighted by Crippen LogP contribution is 2.20. The standard InChI is InChI=1S/C22H42N4O3/c1-6-23-20(24-13-10-19-9-8-16-28-19)26-14-11-18(12-15-26)17-25(7-2)21(27)29-22(3,4)5/h18-19H,6-17H2,1-5H3,(H,23,24). The van der Waals surface area contributed by atoms with Gasteiger partial charge in [-0.05, 0) is 72.6 Å². The van der Waals surface area contributed by atoms with E-state index in [4.69, 9.17) is 14.5 Å². The van der Waals surface area contributed by atoms with Crippen molar-refractivity contribution in [2.75, 3.05) is 45.9 Å². The minimum absolute atomic E-state index is 0.202. The zero-order valence-electron chi connectivity index (χ0n) is 19.2. The number of aliphatic imine (C=N–C) groups is 1. The third-order valence-electron chi connectivity index (χ3n) is 5.50. The van der Waals surface area contributed by atoms with Crippen LogP contribution in [0.2, 0.25) is 0 Å². The van der Waals surface area contributed by atoms with Crippen LogP contribution in [0.1, 0.15) is 66.7 Å². The van der Waals surface area contributed by atoms with Crippen LogP contribution in [0.4, 0.5) is 4.79 Å². The zero-order chi connectivity index (χ0) is 21.3. The lowest BCUT2D eigenvalue weighted by molar-refractivity contribution is 0.0214. The maximum Gasteiger partial charge on any atom is 0.410 e. The highest BCUT2D eigenvalue weighted by Gasteiger charge is 2.27. The van der Waals surface area contributed by atoms with Gasteiger partial charge in [-0.2, -0.15) is 0 Å². The highest BCUT2D eigenvalue weighted by atomic mass is 16.6. The van der Waals surface area contributed by atoms with Gasteiger partial charge in [-0.25, -0.2) is 4.79 Å². The van der Waals surface area contributed by atoms with Gasteiger partial charge in [-0.3, -0.25) is 4.99 Å².